The topological polar surface area (TPSA) is 73.1 Å². The molecule has 4 rings (SSSR count). The first-order valence-corrected chi connectivity index (χ1v) is 10.5. The number of aromatic nitrogens is 4. The molecule has 0 spiro atoms. The van der Waals surface area contributed by atoms with E-state index in [0.717, 1.165) is 29.4 Å². The second-order valence-corrected chi connectivity index (χ2v) is 7.98. The monoisotopic (exact) mass is 481 g/mol. The Labute approximate surface area is 191 Å². The van der Waals surface area contributed by atoms with Gasteiger partial charge in [-0.2, -0.15) is 28.2 Å². The molecule has 34 heavy (non-hydrogen) atoms. The summed E-state index contributed by atoms with van der Waals surface area (Å²) in [6.07, 6.45) is 0.187. The number of halogens is 5. The van der Waals surface area contributed by atoms with E-state index < -0.39 is 35.3 Å². The zero-order valence-corrected chi connectivity index (χ0v) is 18.0. The fourth-order valence-corrected chi connectivity index (χ4v) is 3.97. The summed E-state index contributed by atoms with van der Waals surface area (Å²) in [4.78, 5) is 19.6. The number of piperidine rings is 1. The van der Waals surface area contributed by atoms with Crippen molar-refractivity contribution in [1.82, 2.24) is 24.9 Å². The first kappa shape index (κ1) is 23.6. The summed E-state index contributed by atoms with van der Waals surface area (Å²) in [5, 5.41) is 7.76. The van der Waals surface area contributed by atoms with E-state index in [2.05, 4.69) is 15.2 Å². The van der Waals surface area contributed by atoms with E-state index in [1.165, 1.54) is 17.3 Å². The van der Waals surface area contributed by atoms with E-state index >= 15 is 0 Å². The van der Waals surface area contributed by atoms with E-state index in [-0.39, 0.29) is 29.7 Å². The molecule has 1 aliphatic rings. The molecule has 3 heterocycles. The van der Waals surface area contributed by atoms with E-state index in [1.54, 1.807) is 0 Å². The molecule has 3 aromatic rings. The van der Waals surface area contributed by atoms with Gasteiger partial charge in [-0.25, -0.2) is 13.8 Å². The number of ether oxygens (including phenoxy) is 1. The predicted octanol–water partition coefficient (Wildman–Crippen LogP) is 4.28. The minimum atomic E-state index is -4.52. The van der Waals surface area contributed by atoms with Gasteiger partial charge in [0.05, 0.1) is 24.0 Å². The van der Waals surface area contributed by atoms with Gasteiger partial charge in [0, 0.05) is 30.9 Å². The number of carbonyl (C=O) groups is 1. The smallest absolute Gasteiger partial charge is 0.417 e. The van der Waals surface area contributed by atoms with E-state index in [0.29, 0.717) is 25.2 Å². The Bertz CT molecular complexity index is 1150. The molecule has 0 saturated carbocycles. The number of hydrogen-bond acceptors (Lipinski definition) is 5. The van der Waals surface area contributed by atoms with Gasteiger partial charge in [0.15, 0.2) is 0 Å². The predicted molar refractivity (Wildman–Crippen MR) is 109 cm³/mol. The molecule has 12 heteroatoms. The summed E-state index contributed by atoms with van der Waals surface area (Å²) in [6.45, 7) is 2.12. The molecule has 1 amide bonds. The van der Waals surface area contributed by atoms with Gasteiger partial charge >= 0.3 is 6.18 Å². The van der Waals surface area contributed by atoms with Crippen molar-refractivity contribution in [1.29, 1.82) is 0 Å². The summed E-state index contributed by atoms with van der Waals surface area (Å²) in [7, 11) is 0. The van der Waals surface area contributed by atoms with Crippen molar-refractivity contribution in [2.45, 2.75) is 32.0 Å². The van der Waals surface area contributed by atoms with Crippen LogP contribution in [-0.2, 0) is 6.18 Å². The maximum atomic E-state index is 14.8. The van der Waals surface area contributed by atoms with Crippen molar-refractivity contribution in [2.24, 2.45) is 5.92 Å². The number of likely N-dealkylation sites (tertiary alicyclic amines) is 1. The van der Waals surface area contributed by atoms with Crippen molar-refractivity contribution in [3.8, 4) is 11.6 Å². The zero-order valence-electron chi connectivity index (χ0n) is 18.0. The molecular weight excluding hydrogens is 461 g/mol. The van der Waals surface area contributed by atoms with Crippen LogP contribution < -0.4 is 4.74 Å². The summed E-state index contributed by atoms with van der Waals surface area (Å²) >= 11 is 0. The standard InChI is InChI=1S/C22H20F5N5O2/c1-13-3-2-8-31(18(13)12-34-19-5-4-14(11-28-19)22(25,26)27)21(33)20-16(24)9-15(23)10-17(20)32-29-6-7-30-32/h4-7,9-11,13,18H,2-3,8,12H2,1H3. The third-order valence-electron chi connectivity index (χ3n) is 5.72. The Morgan fingerprint density at radius 1 is 1.18 bits per heavy atom. The molecule has 0 N–H and O–H groups in total. The number of hydrogen-bond donors (Lipinski definition) is 0. The lowest BCUT2D eigenvalue weighted by atomic mass is 9.90. The maximum Gasteiger partial charge on any atom is 0.417 e. The lowest BCUT2D eigenvalue weighted by molar-refractivity contribution is -0.137. The zero-order chi connectivity index (χ0) is 24.5. The second-order valence-electron chi connectivity index (χ2n) is 7.98. The molecule has 0 radical (unpaired) electrons. The van der Waals surface area contributed by atoms with Gasteiger partial charge in [-0.05, 0) is 24.8 Å². The van der Waals surface area contributed by atoms with Crippen LogP contribution >= 0.6 is 0 Å². The highest BCUT2D eigenvalue weighted by molar-refractivity contribution is 5.98. The third-order valence-corrected chi connectivity index (χ3v) is 5.72. The van der Waals surface area contributed by atoms with Crippen molar-refractivity contribution in [2.75, 3.05) is 13.2 Å². The number of benzene rings is 1. The highest BCUT2D eigenvalue weighted by atomic mass is 19.4. The minimum absolute atomic E-state index is 0.0347. The highest BCUT2D eigenvalue weighted by Gasteiger charge is 2.36. The number of alkyl halides is 3. The lowest BCUT2D eigenvalue weighted by Crippen LogP contribution is -2.51. The molecule has 0 bridgehead atoms. The quantitative estimate of drug-likeness (QED) is 0.509. The van der Waals surface area contributed by atoms with Gasteiger partial charge in [-0.15, -0.1) is 0 Å². The summed E-state index contributed by atoms with van der Waals surface area (Å²) in [5.41, 5.74) is -1.44. The molecular formula is C22H20F5N5O2. The normalized spacial score (nSPS) is 18.7. The summed E-state index contributed by atoms with van der Waals surface area (Å²) in [6, 6.07) is 3.02. The van der Waals surface area contributed by atoms with Gasteiger partial charge < -0.3 is 9.64 Å². The minimum Gasteiger partial charge on any atom is -0.475 e. The Hall–Kier alpha value is -3.57. The molecule has 1 aliphatic heterocycles. The average molecular weight is 481 g/mol. The van der Waals surface area contributed by atoms with Crippen LogP contribution in [0.25, 0.3) is 5.69 Å². The van der Waals surface area contributed by atoms with Gasteiger partial charge in [-0.1, -0.05) is 6.92 Å². The Morgan fingerprint density at radius 3 is 2.56 bits per heavy atom. The van der Waals surface area contributed by atoms with Crippen LogP contribution in [0.1, 0.15) is 35.7 Å². The van der Waals surface area contributed by atoms with E-state index in [4.69, 9.17) is 4.74 Å². The Morgan fingerprint density at radius 2 is 1.91 bits per heavy atom. The molecule has 0 aliphatic carbocycles. The second kappa shape index (κ2) is 9.35. The van der Waals surface area contributed by atoms with Crippen molar-refractivity contribution in [3.63, 3.8) is 0 Å². The highest BCUT2D eigenvalue weighted by Crippen LogP contribution is 2.31. The lowest BCUT2D eigenvalue weighted by Gasteiger charge is -2.40. The van der Waals surface area contributed by atoms with Crippen LogP contribution in [0.5, 0.6) is 5.88 Å². The molecule has 180 valence electrons. The van der Waals surface area contributed by atoms with Gasteiger partial charge in [-0.3, -0.25) is 4.79 Å². The van der Waals surface area contributed by atoms with Crippen LogP contribution in [-0.4, -0.2) is 50.0 Å². The fourth-order valence-electron chi connectivity index (χ4n) is 3.97. The Balaban J connectivity index is 1.59. The first-order valence-electron chi connectivity index (χ1n) is 10.5. The van der Waals surface area contributed by atoms with E-state index in [9.17, 15) is 26.7 Å². The first-order chi connectivity index (χ1) is 16.1. The maximum absolute atomic E-state index is 14.8. The molecule has 2 unspecified atom stereocenters. The van der Waals surface area contributed by atoms with Gasteiger partial charge in [0.25, 0.3) is 5.91 Å². The molecule has 2 atom stereocenters. The van der Waals surface area contributed by atoms with Gasteiger partial charge in [0.2, 0.25) is 5.88 Å². The molecule has 2 aromatic heterocycles. The van der Waals surface area contributed by atoms with Crippen LogP contribution in [0.2, 0.25) is 0 Å². The van der Waals surface area contributed by atoms with Crippen LogP contribution in [0.4, 0.5) is 22.0 Å². The van der Waals surface area contributed by atoms with Crippen molar-refractivity contribution >= 4 is 5.91 Å². The van der Waals surface area contributed by atoms with E-state index in [1.807, 2.05) is 6.92 Å². The summed E-state index contributed by atoms with van der Waals surface area (Å²) < 4.78 is 72.6. The number of nitrogens with zero attached hydrogens (tertiary/aromatic N) is 5. The molecule has 1 aromatic carbocycles. The Kier molecular flexibility index (Phi) is 6.49. The number of carbonyl (C=O) groups excluding carboxylic acids is 1. The SMILES string of the molecule is CC1CCCN(C(=O)c2c(F)cc(F)cc2-n2nccn2)C1COc1ccc(C(F)(F)F)cn1. The number of pyridine rings is 1. The van der Waals surface area contributed by atoms with Crippen molar-refractivity contribution in [3.05, 3.63) is 65.6 Å². The van der Waals surface area contributed by atoms with Crippen LogP contribution in [0.3, 0.4) is 0 Å². The molecule has 7 nitrogen and oxygen atoms in total. The largest absolute Gasteiger partial charge is 0.475 e. The fraction of sp³-hybridized carbons (Fsp3) is 0.364. The number of amides is 1. The van der Waals surface area contributed by atoms with Crippen LogP contribution in [0, 0.1) is 17.6 Å². The molecule has 1 saturated heterocycles. The van der Waals surface area contributed by atoms with Crippen LogP contribution in [0.15, 0.2) is 42.9 Å². The van der Waals surface area contributed by atoms with Gasteiger partial charge in [0.1, 0.15) is 29.5 Å². The average Bonchev–Trinajstić information content (AvgIpc) is 3.32. The number of rotatable bonds is 5. The summed E-state index contributed by atoms with van der Waals surface area (Å²) in [5.74, 6) is -2.72. The van der Waals surface area contributed by atoms with Crippen molar-refractivity contribution < 1.29 is 31.5 Å². The third kappa shape index (κ3) is 4.85. The molecule has 1 fully saturated rings.